The molecule has 0 saturated carbocycles. The number of hydrogen-bond acceptors (Lipinski definition) is 4. The van der Waals surface area contributed by atoms with E-state index in [-0.39, 0.29) is 29.5 Å². The van der Waals surface area contributed by atoms with Gasteiger partial charge in [-0.05, 0) is 24.1 Å². The molecule has 0 aliphatic carbocycles. The highest BCUT2D eigenvalue weighted by Gasteiger charge is 2.16. The second-order valence-electron chi connectivity index (χ2n) is 4.56. The molecular weight excluding hydrogens is 295 g/mol. The van der Waals surface area contributed by atoms with Gasteiger partial charge in [-0.3, -0.25) is 0 Å². The molecule has 1 aromatic rings. The van der Waals surface area contributed by atoms with Crippen molar-refractivity contribution in [3.8, 4) is 11.8 Å². The first-order chi connectivity index (χ1) is 9.90. The van der Waals surface area contributed by atoms with Crippen molar-refractivity contribution in [2.75, 3.05) is 26.8 Å². The summed E-state index contributed by atoms with van der Waals surface area (Å²) in [6, 6.07) is 3.59. The minimum Gasteiger partial charge on any atom is -0.384 e. The van der Waals surface area contributed by atoms with Crippen LogP contribution in [0.25, 0.3) is 0 Å². The third kappa shape index (κ3) is 5.44. The summed E-state index contributed by atoms with van der Waals surface area (Å²) in [6.07, 6.45) is 0. The van der Waals surface area contributed by atoms with Crippen molar-refractivity contribution in [3.05, 3.63) is 29.6 Å². The van der Waals surface area contributed by atoms with Crippen LogP contribution in [-0.4, -0.2) is 35.2 Å². The molecule has 116 valence electrons. The summed E-state index contributed by atoms with van der Waals surface area (Å²) in [5, 5.41) is 0. The van der Waals surface area contributed by atoms with Gasteiger partial charge < -0.3 is 10.5 Å². The Labute approximate surface area is 124 Å². The van der Waals surface area contributed by atoms with Crippen molar-refractivity contribution >= 4 is 10.0 Å². The third-order valence-corrected chi connectivity index (χ3v) is 4.07. The van der Waals surface area contributed by atoms with Crippen molar-refractivity contribution in [2.24, 2.45) is 11.7 Å². The summed E-state index contributed by atoms with van der Waals surface area (Å²) in [5.74, 6) is 4.38. The molecule has 0 saturated heterocycles. The molecule has 0 spiro atoms. The molecule has 21 heavy (non-hydrogen) atoms. The van der Waals surface area contributed by atoms with E-state index < -0.39 is 15.8 Å². The average Bonchev–Trinajstić information content (AvgIpc) is 2.44. The van der Waals surface area contributed by atoms with E-state index in [1.54, 1.807) is 7.11 Å². The number of methoxy groups -OCH3 is 1. The molecular formula is C14H19FN2O3S. The Bertz CT molecular complexity index is 635. The number of halogens is 1. The number of nitrogens with one attached hydrogen (secondary N) is 1. The van der Waals surface area contributed by atoms with E-state index in [2.05, 4.69) is 16.6 Å². The van der Waals surface area contributed by atoms with Crippen LogP contribution in [-0.2, 0) is 14.8 Å². The highest BCUT2D eigenvalue weighted by Crippen LogP contribution is 2.14. The molecule has 0 fully saturated rings. The van der Waals surface area contributed by atoms with Gasteiger partial charge in [-0.15, -0.1) is 0 Å². The van der Waals surface area contributed by atoms with Crippen LogP contribution in [0.1, 0.15) is 12.5 Å². The fraction of sp³-hybridized carbons (Fsp3) is 0.429. The lowest BCUT2D eigenvalue weighted by molar-refractivity contribution is 0.161. The maximum absolute atomic E-state index is 13.8. The maximum atomic E-state index is 13.8. The average molecular weight is 314 g/mol. The molecule has 0 amide bonds. The normalized spacial score (nSPS) is 12.6. The fourth-order valence-corrected chi connectivity index (χ4v) is 2.77. The van der Waals surface area contributed by atoms with Crippen molar-refractivity contribution in [3.63, 3.8) is 0 Å². The van der Waals surface area contributed by atoms with E-state index in [0.717, 1.165) is 6.07 Å². The van der Waals surface area contributed by atoms with Crippen LogP contribution in [0.15, 0.2) is 23.1 Å². The van der Waals surface area contributed by atoms with Gasteiger partial charge in [0, 0.05) is 20.3 Å². The Morgan fingerprint density at radius 2 is 2.19 bits per heavy atom. The van der Waals surface area contributed by atoms with Gasteiger partial charge in [0.05, 0.1) is 17.0 Å². The smallest absolute Gasteiger partial charge is 0.240 e. The number of rotatable bonds is 6. The lowest BCUT2D eigenvalue weighted by Gasteiger charge is -2.12. The summed E-state index contributed by atoms with van der Waals surface area (Å²) in [4.78, 5) is -0.136. The molecule has 0 aromatic heterocycles. The molecule has 1 rings (SSSR count). The van der Waals surface area contributed by atoms with E-state index in [9.17, 15) is 12.8 Å². The highest BCUT2D eigenvalue weighted by molar-refractivity contribution is 7.89. The predicted octanol–water partition coefficient (Wildman–Crippen LogP) is 0.697. The summed E-state index contributed by atoms with van der Waals surface area (Å²) in [6.45, 7) is 2.60. The fourth-order valence-electron chi connectivity index (χ4n) is 1.59. The first-order valence-electron chi connectivity index (χ1n) is 6.37. The van der Waals surface area contributed by atoms with Crippen molar-refractivity contribution in [1.82, 2.24) is 4.72 Å². The van der Waals surface area contributed by atoms with Crippen LogP contribution in [0.2, 0.25) is 0 Å². The maximum Gasteiger partial charge on any atom is 0.240 e. The molecule has 0 aliphatic rings. The van der Waals surface area contributed by atoms with Gasteiger partial charge in [0.15, 0.2) is 0 Å². The molecule has 0 radical (unpaired) electrons. The first kappa shape index (κ1) is 17.6. The zero-order chi connectivity index (χ0) is 15.9. The van der Waals surface area contributed by atoms with Gasteiger partial charge in [0.2, 0.25) is 10.0 Å². The Morgan fingerprint density at radius 1 is 1.48 bits per heavy atom. The van der Waals surface area contributed by atoms with Gasteiger partial charge in [0.25, 0.3) is 0 Å². The molecule has 0 aliphatic heterocycles. The van der Waals surface area contributed by atoms with Gasteiger partial charge in [0.1, 0.15) is 5.82 Å². The molecule has 1 unspecified atom stereocenters. The standard InChI is InChI=1S/C14H19FN2O3S/c1-11(10-20-2)9-17-21(18,19)13-6-5-12(4-3-7-16)14(15)8-13/h5-6,8,11,17H,7,9-10,16H2,1-2H3. The van der Waals surface area contributed by atoms with Crippen molar-refractivity contribution < 1.29 is 17.5 Å². The minimum absolute atomic E-state index is 0.0179. The van der Waals surface area contributed by atoms with E-state index in [0.29, 0.717) is 6.61 Å². The molecule has 0 heterocycles. The van der Waals surface area contributed by atoms with Crippen molar-refractivity contribution in [2.45, 2.75) is 11.8 Å². The zero-order valence-corrected chi connectivity index (χ0v) is 12.8. The molecule has 0 bridgehead atoms. The lowest BCUT2D eigenvalue weighted by atomic mass is 10.2. The Morgan fingerprint density at radius 3 is 2.76 bits per heavy atom. The van der Waals surface area contributed by atoms with E-state index in [4.69, 9.17) is 10.5 Å². The van der Waals surface area contributed by atoms with E-state index in [1.165, 1.54) is 12.1 Å². The summed E-state index contributed by atoms with van der Waals surface area (Å²) >= 11 is 0. The Kier molecular flexibility index (Phi) is 6.78. The molecule has 1 aromatic carbocycles. The Hall–Kier alpha value is -1.46. The second kappa shape index (κ2) is 8.10. The van der Waals surface area contributed by atoms with E-state index in [1.807, 2.05) is 6.92 Å². The quantitative estimate of drug-likeness (QED) is 0.757. The number of sulfonamides is 1. The van der Waals surface area contributed by atoms with Gasteiger partial charge >= 0.3 is 0 Å². The van der Waals surface area contributed by atoms with Crippen LogP contribution >= 0.6 is 0 Å². The number of hydrogen-bond donors (Lipinski definition) is 2. The van der Waals surface area contributed by atoms with Gasteiger partial charge in [-0.25, -0.2) is 17.5 Å². The lowest BCUT2D eigenvalue weighted by Crippen LogP contribution is -2.30. The van der Waals surface area contributed by atoms with Crippen LogP contribution < -0.4 is 10.5 Å². The third-order valence-electron chi connectivity index (χ3n) is 2.65. The molecule has 7 heteroatoms. The van der Waals surface area contributed by atoms with Crippen LogP contribution in [0.4, 0.5) is 4.39 Å². The van der Waals surface area contributed by atoms with Crippen LogP contribution in [0, 0.1) is 23.6 Å². The molecule has 1 atom stereocenters. The topological polar surface area (TPSA) is 81.4 Å². The molecule has 3 N–H and O–H groups in total. The number of ether oxygens (including phenoxy) is 1. The van der Waals surface area contributed by atoms with Crippen LogP contribution in [0.5, 0.6) is 0 Å². The second-order valence-corrected chi connectivity index (χ2v) is 6.33. The highest BCUT2D eigenvalue weighted by atomic mass is 32.2. The number of benzene rings is 1. The summed E-state index contributed by atoms with van der Waals surface area (Å²) in [5.41, 5.74) is 5.32. The van der Waals surface area contributed by atoms with Gasteiger partial charge in [-0.1, -0.05) is 18.8 Å². The molecule has 5 nitrogen and oxygen atoms in total. The SMILES string of the molecule is COCC(C)CNS(=O)(=O)c1ccc(C#CCN)c(F)c1. The largest absolute Gasteiger partial charge is 0.384 e. The first-order valence-corrected chi connectivity index (χ1v) is 7.86. The number of nitrogens with two attached hydrogens (primary N) is 1. The zero-order valence-electron chi connectivity index (χ0n) is 12.0. The Balaban J connectivity index is 2.87. The summed E-state index contributed by atoms with van der Waals surface area (Å²) in [7, 11) is -2.21. The van der Waals surface area contributed by atoms with Crippen molar-refractivity contribution in [1.29, 1.82) is 0 Å². The van der Waals surface area contributed by atoms with E-state index >= 15 is 0 Å². The minimum atomic E-state index is -3.75. The monoisotopic (exact) mass is 314 g/mol. The summed E-state index contributed by atoms with van der Waals surface area (Å²) < 4.78 is 45.2. The predicted molar refractivity (Wildman–Crippen MR) is 78.6 cm³/mol. The van der Waals surface area contributed by atoms with Crippen LogP contribution in [0.3, 0.4) is 0 Å². The van der Waals surface area contributed by atoms with Gasteiger partial charge in [-0.2, -0.15) is 0 Å².